The number of carbonyl (C=O) groups excluding carboxylic acids is 1. The Morgan fingerprint density at radius 2 is 2.00 bits per heavy atom. The van der Waals surface area contributed by atoms with Crippen LogP contribution in [0.25, 0.3) is 0 Å². The van der Waals surface area contributed by atoms with Gasteiger partial charge in [-0.1, -0.05) is 37.6 Å². The van der Waals surface area contributed by atoms with E-state index in [1.54, 1.807) is 0 Å². The topological polar surface area (TPSA) is 32.3 Å². The Morgan fingerprint density at radius 3 is 2.55 bits per heavy atom. The summed E-state index contributed by atoms with van der Waals surface area (Å²) in [7, 11) is 0. The summed E-state index contributed by atoms with van der Waals surface area (Å²) >= 11 is 5.95. The van der Waals surface area contributed by atoms with Crippen molar-refractivity contribution >= 4 is 17.5 Å². The molecule has 2 fully saturated rings. The molecule has 1 saturated carbocycles. The van der Waals surface area contributed by atoms with E-state index in [0.717, 1.165) is 29.5 Å². The molecule has 1 amide bonds. The van der Waals surface area contributed by atoms with Gasteiger partial charge in [0.25, 0.3) is 0 Å². The maximum absolute atomic E-state index is 12.5. The second-order valence-electron chi connectivity index (χ2n) is 6.05. The normalized spacial score (nSPS) is 32.8. The molecule has 0 aromatic heterocycles. The van der Waals surface area contributed by atoms with Gasteiger partial charge in [0.1, 0.15) is 6.17 Å². The molecule has 1 aromatic rings. The molecule has 0 spiro atoms. The van der Waals surface area contributed by atoms with Gasteiger partial charge >= 0.3 is 0 Å². The third-order valence-corrected chi connectivity index (χ3v) is 4.81. The highest BCUT2D eigenvalue weighted by atomic mass is 35.5. The summed E-state index contributed by atoms with van der Waals surface area (Å²) in [5, 5.41) is 4.19. The number of nitrogens with zero attached hydrogens (tertiary/aromatic N) is 1. The van der Waals surface area contributed by atoms with E-state index in [0.29, 0.717) is 5.92 Å². The van der Waals surface area contributed by atoms with Gasteiger partial charge < -0.3 is 4.90 Å². The van der Waals surface area contributed by atoms with Crippen molar-refractivity contribution in [3.05, 3.63) is 34.9 Å². The van der Waals surface area contributed by atoms with Crippen molar-refractivity contribution in [3.63, 3.8) is 0 Å². The van der Waals surface area contributed by atoms with E-state index in [9.17, 15) is 4.79 Å². The van der Waals surface area contributed by atoms with Crippen LogP contribution in [0, 0.1) is 11.8 Å². The number of carbonyl (C=O) groups is 1. The molecular formula is C16H21ClN2O. The van der Waals surface area contributed by atoms with Gasteiger partial charge in [-0.25, -0.2) is 0 Å². The standard InChI is InChI=1S/C16H21ClN2O/c1-3-14-16(20)19(9-12-8-10(12)2)15(18-14)11-4-6-13(17)7-5-11/h4-7,10,12,14-15,18H,3,8-9H2,1-2H3. The van der Waals surface area contributed by atoms with Crippen LogP contribution < -0.4 is 5.32 Å². The zero-order chi connectivity index (χ0) is 14.3. The third-order valence-electron chi connectivity index (χ3n) is 4.55. The smallest absolute Gasteiger partial charge is 0.241 e. The van der Waals surface area contributed by atoms with Crippen LogP contribution in [-0.2, 0) is 4.79 Å². The number of nitrogens with one attached hydrogen (secondary N) is 1. The van der Waals surface area contributed by atoms with Crippen LogP contribution in [-0.4, -0.2) is 23.4 Å². The fourth-order valence-electron chi connectivity index (χ4n) is 2.99. The van der Waals surface area contributed by atoms with E-state index in [4.69, 9.17) is 11.6 Å². The van der Waals surface area contributed by atoms with Crippen molar-refractivity contribution in [1.29, 1.82) is 0 Å². The Labute approximate surface area is 125 Å². The fraction of sp³-hybridized carbons (Fsp3) is 0.562. The Balaban J connectivity index is 1.82. The molecule has 2 aliphatic rings. The molecule has 1 saturated heterocycles. The molecule has 1 aliphatic heterocycles. The predicted molar refractivity (Wildman–Crippen MR) is 80.4 cm³/mol. The SMILES string of the molecule is CCC1NC(c2ccc(Cl)cc2)N(CC2CC2C)C1=O. The highest BCUT2D eigenvalue weighted by Crippen LogP contribution is 2.40. The minimum atomic E-state index is -0.0512. The van der Waals surface area contributed by atoms with E-state index in [1.165, 1.54) is 6.42 Å². The summed E-state index contributed by atoms with van der Waals surface area (Å²) in [6, 6.07) is 7.74. The molecule has 3 rings (SSSR count). The number of benzene rings is 1. The molecular weight excluding hydrogens is 272 g/mol. The zero-order valence-electron chi connectivity index (χ0n) is 12.0. The second-order valence-corrected chi connectivity index (χ2v) is 6.48. The molecule has 4 heteroatoms. The van der Waals surface area contributed by atoms with Gasteiger partial charge in [0, 0.05) is 11.6 Å². The zero-order valence-corrected chi connectivity index (χ0v) is 12.7. The van der Waals surface area contributed by atoms with Crippen LogP contribution in [0.3, 0.4) is 0 Å². The fourth-order valence-corrected chi connectivity index (χ4v) is 3.12. The monoisotopic (exact) mass is 292 g/mol. The highest BCUT2D eigenvalue weighted by molar-refractivity contribution is 6.30. The lowest BCUT2D eigenvalue weighted by atomic mass is 10.1. The van der Waals surface area contributed by atoms with Crippen LogP contribution in [0.2, 0.25) is 5.02 Å². The second kappa shape index (κ2) is 5.38. The molecule has 1 heterocycles. The van der Waals surface area contributed by atoms with Gasteiger partial charge in [-0.05, 0) is 42.4 Å². The Morgan fingerprint density at radius 1 is 1.35 bits per heavy atom. The lowest BCUT2D eigenvalue weighted by Crippen LogP contribution is -2.33. The Bertz CT molecular complexity index is 502. The molecule has 108 valence electrons. The average Bonchev–Trinajstić information content (AvgIpc) is 3.04. The maximum atomic E-state index is 12.5. The van der Waals surface area contributed by atoms with Crippen molar-refractivity contribution in [1.82, 2.24) is 10.2 Å². The molecule has 0 bridgehead atoms. The van der Waals surface area contributed by atoms with Gasteiger partial charge in [0.15, 0.2) is 0 Å². The van der Waals surface area contributed by atoms with Crippen LogP contribution >= 0.6 is 11.6 Å². The first-order chi connectivity index (χ1) is 9.60. The molecule has 1 aromatic carbocycles. The van der Waals surface area contributed by atoms with Gasteiger partial charge in [0.05, 0.1) is 6.04 Å². The Kier molecular flexibility index (Phi) is 3.74. The number of hydrogen-bond donors (Lipinski definition) is 1. The number of hydrogen-bond acceptors (Lipinski definition) is 2. The van der Waals surface area contributed by atoms with Crippen molar-refractivity contribution in [2.75, 3.05) is 6.54 Å². The molecule has 0 radical (unpaired) electrons. The molecule has 3 nitrogen and oxygen atoms in total. The van der Waals surface area contributed by atoms with Crippen molar-refractivity contribution in [3.8, 4) is 0 Å². The summed E-state index contributed by atoms with van der Waals surface area (Å²) in [6.45, 7) is 5.18. The first kappa shape index (κ1) is 13.9. The van der Waals surface area contributed by atoms with Crippen LogP contribution in [0.15, 0.2) is 24.3 Å². The Hall–Kier alpha value is -1.06. The molecule has 20 heavy (non-hydrogen) atoms. The summed E-state index contributed by atoms with van der Waals surface area (Å²) in [4.78, 5) is 14.5. The predicted octanol–water partition coefficient (Wildman–Crippen LogP) is 3.21. The summed E-state index contributed by atoms with van der Waals surface area (Å²) in [5.74, 6) is 1.67. The quantitative estimate of drug-likeness (QED) is 0.924. The number of halogens is 1. The largest absolute Gasteiger partial charge is 0.321 e. The minimum absolute atomic E-state index is 0.00230. The first-order valence-electron chi connectivity index (χ1n) is 7.42. The first-order valence-corrected chi connectivity index (χ1v) is 7.80. The number of rotatable bonds is 4. The van der Waals surface area contributed by atoms with Crippen LogP contribution in [0.1, 0.15) is 38.4 Å². The van der Waals surface area contributed by atoms with Crippen molar-refractivity contribution in [2.24, 2.45) is 11.8 Å². The lowest BCUT2D eigenvalue weighted by molar-refractivity contribution is -0.130. The van der Waals surface area contributed by atoms with Gasteiger partial charge in [-0.15, -0.1) is 0 Å². The van der Waals surface area contributed by atoms with Gasteiger partial charge in [0.2, 0.25) is 5.91 Å². The number of amides is 1. The lowest BCUT2D eigenvalue weighted by Gasteiger charge is -2.24. The van der Waals surface area contributed by atoms with Crippen molar-refractivity contribution < 1.29 is 4.79 Å². The summed E-state index contributed by atoms with van der Waals surface area (Å²) in [5.41, 5.74) is 1.12. The third kappa shape index (κ3) is 2.57. The van der Waals surface area contributed by atoms with E-state index in [1.807, 2.05) is 29.2 Å². The van der Waals surface area contributed by atoms with E-state index in [-0.39, 0.29) is 18.1 Å². The van der Waals surface area contributed by atoms with E-state index >= 15 is 0 Å². The van der Waals surface area contributed by atoms with Crippen molar-refractivity contribution in [2.45, 2.75) is 38.9 Å². The average molecular weight is 293 g/mol. The maximum Gasteiger partial charge on any atom is 0.241 e. The van der Waals surface area contributed by atoms with E-state index in [2.05, 4.69) is 19.2 Å². The molecule has 1 N–H and O–H groups in total. The summed E-state index contributed by atoms with van der Waals surface area (Å²) < 4.78 is 0. The molecule has 4 unspecified atom stereocenters. The molecule has 1 aliphatic carbocycles. The van der Waals surface area contributed by atoms with Gasteiger partial charge in [-0.2, -0.15) is 0 Å². The molecule has 4 atom stereocenters. The van der Waals surface area contributed by atoms with Gasteiger partial charge in [-0.3, -0.25) is 10.1 Å². The van der Waals surface area contributed by atoms with Crippen LogP contribution in [0.4, 0.5) is 0 Å². The summed E-state index contributed by atoms with van der Waals surface area (Å²) in [6.07, 6.45) is 2.07. The minimum Gasteiger partial charge on any atom is -0.321 e. The van der Waals surface area contributed by atoms with E-state index < -0.39 is 0 Å². The highest BCUT2D eigenvalue weighted by Gasteiger charge is 2.43. The van der Waals surface area contributed by atoms with Crippen LogP contribution in [0.5, 0.6) is 0 Å².